The Balaban J connectivity index is 1.83. The molecule has 1 aliphatic heterocycles. The maximum absolute atomic E-state index is 5.82. The van der Waals surface area contributed by atoms with Crippen LogP contribution in [0.1, 0.15) is 18.5 Å². The molecule has 0 spiro atoms. The minimum Gasteiger partial charge on any atom is -0.399 e. The molecule has 1 aromatic carbocycles. The molecule has 4 heteroatoms. The number of rotatable bonds is 3. The van der Waals surface area contributed by atoms with E-state index >= 15 is 0 Å². The van der Waals surface area contributed by atoms with E-state index in [0.717, 1.165) is 29.1 Å². The van der Waals surface area contributed by atoms with Crippen LogP contribution in [0.15, 0.2) is 48.7 Å². The number of nitrogen functional groups attached to an aromatic ring is 1. The fourth-order valence-electron chi connectivity index (χ4n) is 3.22. The van der Waals surface area contributed by atoms with E-state index in [0.29, 0.717) is 0 Å². The van der Waals surface area contributed by atoms with Gasteiger partial charge in [-0.3, -0.25) is 4.90 Å². The van der Waals surface area contributed by atoms with Crippen molar-refractivity contribution in [3.8, 4) is 11.3 Å². The second-order valence-corrected chi connectivity index (χ2v) is 5.94. The van der Waals surface area contributed by atoms with Gasteiger partial charge in [0.05, 0.1) is 11.4 Å². The molecule has 22 heavy (non-hydrogen) atoms. The highest BCUT2D eigenvalue weighted by Crippen LogP contribution is 2.27. The summed E-state index contributed by atoms with van der Waals surface area (Å²) >= 11 is 0. The molecule has 3 aromatic rings. The Morgan fingerprint density at radius 2 is 1.77 bits per heavy atom. The van der Waals surface area contributed by atoms with Crippen molar-refractivity contribution in [2.45, 2.75) is 19.4 Å². The molecule has 0 radical (unpaired) electrons. The maximum Gasteiger partial charge on any atom is 0.137 e. The Hall–Kier alpha value is -2.33. The third-order valence-electron chi connectivity index (χ3n) is 4.39. The van der Waals surface area contributed by atoms with Crippen LogP contribution in [-0.2, 0) is 6.54 Å². The molecule has 3 heterocycles. The van der Waals surface area contributed by atoms with Crippen molar-refractivity contribution < 1.29 is 0 Å². The highest BCUT2D eigenvalue weighted by atomic mass is 15.2. The minimum absolute atomic E-state index is 0.786. The van der Waals surface area contributed by atoms with Crippen molar-refractivity contribution in [3.05, 3.63) is 54.4 Å². The van der Waals surface area contributed by atoms with E-state index in [1.165, 1.54) is 31.6 Å². The largest absolute Gasteiger partial charge is 0.399 e. The van der Waals surface area contributed by atoms with Crippen LogP contribution in [0.5, 0.6) is 0 Å². The number of likely N-dealkylation sites (tertiary alicyclic amines) is 1. The van der Waals surface area contributed by atoms with Crippen LogP contribution in [0.25, 0.3) is 16.9 Å². The quantitative estimate of drug-likeness (QED) is 0.754. The molecule has 4 nitrogen and oxygen atoms in total. The van der Waals surface area contributed by atoms with Gasteiger partial charge in [0.2, 0.25) is 0 Å². The van der Waals surface area contributed by atoms with Crippen LogP contribution in [0.3, 0.4) is 0 Å². The first-order chi connectivity index (χ1) is 10.8. The number of benzene rings is 1. The zero-order valence-corrected chi connectivity index (χ0v) is 12.6. The Bertz CT molecular complexity index is 782. The Morgan fingerprint density at radius 1 is 1.00 bits per heavy atom. The molecule has 1 fully saturated rings. The van der Waals surface area contributed by atoms with Crippen LogP contribution in [0, 0.1) is 0 Å². The third kappa shape index (κ3) is 2.35. The summed E-state index contributed by atoms with van der Waals surface area (Å²) in [5.74, 6) is 0. The van der Waals surface area contributed by atoms with Crippen molar-refractivity contribution in [3.63, 3.8) is 0 Å². The molecular formula is C18H20N4. The van der Waals surface area contributed by atoms with Gasteiger partial charge >= 0.3 is 0 Å². The first-order valence-corrected chi connectivity index (χ1v) is 7.85. The Morgan fingerprint density at radius 3 is 2.55 bits per heavy atom. The molecule has 0 unspecified atom stereocenters. The summed E-state index contributed by atoms with van der Waals surface area (Å²) in [4.78, 5) is 7.36. The van der Waals surface area contributed by atoms with Gasteiger partial charge in [0.25, 0.3) is 0 Å². The molecule has 1 saturated heterocycles. The van der Waals surface area contributed by atoms with E-state index in [1.807, 2.05) is 18.2 Å². The number of imidazole rings is 1. The zero-order valence-electron chi connectivity index (χ0n) is 12.6. The Labute approximate surface area is 130 Å². The number of pyridine rings is 1. The van der Waals surface area contributed by atoms with Crippen molar-refractivity contribution >= 4 is 11.3 Å². The molecule has 0 aliphatic carbocycles. The van der Waals surface area contributed by atoms with E-state index in [9.17, 15) is 0 Å². The molecule has 112 valence electrons. The summed E-state index contributed by atoms with van der Waals surface area (Å²) < 4.78 is 2.21. The van der Waals surface area contributed by atoms with Crippen LogP contribution in [0.4, 0.5) is 5.69 Å². The number of hydrogen-bond acceptors (Lipinski definition) is 3. The predicted octanol–water partition coefficient (Wildman–Crippen LogP) is 3.18. The average Bonchev–Trinajstić information content (AvgIpc) is 3.17. The van der Waals surface area contributed by atoms with Gasteiger partial charge in [-0.1, -0.05) is 18.2 Å². The molecule has 2 N–H and O–H groups in total. The number of hydrogen-bond donors (Lipinski definition) is 1. The molecular weight excluding hydrogens is 272 g/mol. The van der Waals surface area contributed by atoms with Gasteiger partial charge < -0.3 is 10.1 Å². The van der Waals surface area contributed by atoms with E-state index in [1.54, 1.807) is 0 Å². The number of nitrogens with two attached hydrogens (primary N) is 1. The minimum atomic E-state index is 0.786. The lowest BCUT2D eigenvalue weighted by Gasteiger charge is -2.15. The summed E-state index contributed by atoms with van der Waals surface area (Å²) in [6.07, 6.45) is 4.70. The summed E-state index contributed by atoms with van der Waals surface area (Å²) in [5, 5.41) is 0. The number of nitrogens with zero attached hydrogens (tertiary/aromatic N) is 3. The molecule has 2 aromatic heterocycles. The monoisotopic (exact) mass is 292 g/mol. The SMILES string of the molecule is Nc1ccc(-c2nc3ccccn3c2CN2CCCC2)cc1. The highest BCUT2D eigenvalue weighted by Gasteiger charge is 2.19. The number of fused-ring (bicyclic) bond motifs is 1. The van der Waals surface area contributed by atoms with E-state index in [2.05, 4.69) is 39.8 Å². The second-order valence-electron chi connectivity index (χ2n) is 5.94. The fraction of sp³-hybridized carbons (Fsp3) is 0.278. The maximum atomic E-state index is 5.82. The summed E-state index contributed by atoms with van der Waals surface area (Å²) in [5.41, 5.74) is 11.1. The standard InChI is InChI=1S/C18H20N4/c19-15-8-6-14(7-9-15)18-16(13-21-10-3-4-11-21)22-12-2-1-5-17(22)20-18/h1-2,5-9,12H,3-4,10-11,13,19H2. The van der Waals surface area contributed by atoms with Gasteiger partial charge in [0.15, 0.2) is 0 Å². The van der Waals surface area contributed by atoms with Gasteiger partial charge in [0.1, 0.15) is 5.65 Å². The number of anilines is 1. The smallest absolute Gasteiger partial charge is 0.137 e. The molecule has 0 bridgehead atoms. The van der Waals surface area contributed by atoms with Crippen molar-refractivity contribution in [1.82, 2.24) is 14.3 Å². The summed E-state index contributed by atoms with van der Waals surface area (Å²) in [6, 6.07) is 14.2. The number of aromatic nitrogens is 2. The van der Waals surface area contributed by atoms with Crippen LogP contribution >= 0.6 is 0 Å². The van der Waals surface area contributed by atoms with E-state index in [4.69, 9.17) is 10.7 Å². The predicted molar refractivity (Wildman–Crippen MR) is 89.6 cm³/mol. The van der Waals surface area contributed by atoms with Gasteiger partial charge in [-0.25, -0.2) is 4.98 Å². The highest BCUT2D eigenvalue weighted by molar-refractivity contribution is 5.68. The van der Waals surface area contributed by atoms with Crippen LogP contribution < -0.4 is 5.73 Å². The topological polar surface area (TPSA) is 46.6 Å². The van der Waals surface area contributed by atoms with Crippen molar-refractivity contribution in [2.24, 2.45) is 0 Å². The van der Waals surface area contributed by atoms with Crippen LogP contribution in [-0.4, -0.2) is 27.4 Å². The first-order valence-electron chi connectivity index (χ1n) is 7.85. The lowest BCUT2D eigenvalue weighted by Crippen LogP contribution is -2.19. The normalized spacial score (nSPS) is 15.6. The second kappa shape index (κ2) is 5.46. The third-order valence-corrected chi connectivity index (χ3v) is 4.39. The molecule has 0 amide bonds. The Kier molecular flexibility index (Phi) is 3.31. The molecule has 1 aliphatic rings. The summed E-state index contributed by atoms with van der Waals surface area (Å²) in [7, 11) is 0. The average molecular weight is 292 g/mol. The van der Waals surface area contributed by atoms with Gasteiger partial charge in [-0.05, 0) is 50.2 Å². The molecule has 0 atom stereocenters. The first kappa shape index (κ1) is 13.3. The lowest BCUT2D eigenvalue weighted by molar-refractivity contribution is 0.327. The fourth-order valence-corrected chi connectivity index (χ4v) is 3.22. The lowest BCUT2D eigenvalue weighted by atomic mass is 10.1. The molecule has 4 rings (SSSR count). The van der Waals surface area contributed by atoms with Crippen LogP contribution in [0.2, 0.25) is 0 Å². The van der Waals surface area contributed by atoms with E-state index in [-0.39, 0.29) is 0 Å². The van der Waals surface area contributed by atoms with Gasteiger partial charge in [0, 0.05) is 24.0 Å². The van der Waals surface area contributed by atoms with Gasteiger partial charge in [-0.15, -0.1) is 0 Å². The van der Waals surface area contributed by atoms with Crippen molar-refractivity contribution in [1.29, 1.82) is 0 Å². The zero-order chi connectivity index (χ0) is 14.9. The summed E-state index contributed by atoms with van der Waals surface area (Å²) in [6.45, 7) is 3.31. The van der Waals surface area contributed by atoms with Gasteiger partial charge in [-0.2, -0.15) is 0 Å². The van der Waals surface area contributed by atoms with Crippen molar-refractivity contribution in [2.75, 3.05) is 18.8 Å². The van der Waals surface area contributed by atoms with E-state index < -0.39 is 0 Å². The molecule has 0 saturated carbocycles.